The number of hydrogen-bond acceptors (Lipinski definition) is 3. The fourth-order valence-electron chi connectivity index (χ4n) is 1.96. The normalized spacial score (nSPS) is 10.7. The van der Waals surface area contributed by atoms with Gasteiger partial charge in [0.25, 0.3) is 0 Å². The van der Waals surface area contributed by atoms with Gasteiger partial charge in [0.2, 0.25) is 0 Å². The third-order valence-corrected chi connectivity index (χ3v) is 2.88. The number of rotatable bonds is 2. The van der Waals surface area contributed by atoms with Crippen molar-refractivity contribution in [2.75, 3.05) is 7.11 Å². The van der Waals surface area contributed by atoms with Crippen molar-refractivity contribution < 1.29 is 9.84 Å². The monoisotopic (exact) mass is 240 g/mol. The van der Waals surface area contributed by atoms with E-state index in [0.29, 0.717) is 5.75 Å². The van der Waals surface area contributed by atoms with E-state index in [4.69, 9.17) is 4.74 Å². The summed E-state index contributed by atoms with van der Waals surface area (Å²) >= 11 is 0. The third-order valence-electron chi connectivity index (χ3n) is 2.88. The minimum atomic E-state index is 0.135. The molecule has 0 amide bonds. The summed E-state index contributed by atoms with van der Waals surface area (Å²) < 4.78 is 5.10. The van der Waals surface area contributed by atoms with Crippen molar-refractivity contribution in [2.45, 2.75) is 0 Å². The van der Waals surface area contributed by atoms with E-state index in [2.05, 4.69) is 9.97 Å². The summed E-state index contributed by atoms with van der Waals surface area (Å²) in [7, 11) is 1.53. The molecule has 2 aromatic heterocycles. The van der Waals surface area contributed by atoms with Gasteiger partial charge >= 0.3 is 0 Å². The largest absolute Gasteiger partial charge is 0.504 e. The molecule has 1 aromatic carbocycles. The number of hydrogen-bond donors (Lipinski definition) is 2. The van der Waals surface area contributed by atoms with Gasteiger partial charge in [-0.2, -0.15) is 0 Å². The van der Waals surface area contributed by atoms with Gasteiger partial charge in [-0.1, -0.05) is 0 Å². The van der Waals surface area contributed by atoms with Crippen LogP contribution >= 0.6 is 0 Å². The number of nitrogens with one attached hydrogen (secondary N) is 1. The van der Waals surface area contributed by atoms with Gasteiger partial charge in [-0.3, -0.25) is 0 Å². The lowest BCUT2D eigenvalue weighted by Gasteiger charge is -2.05. The molecule has 0 aliphatic rings. The first kappa shape index (κ1) is 10.7. The van der Waals surface area contributed by atoms with E-state index in [1.165, 1.54) is 7.11 Å². The van der Waals surface area contributed by atoms with Crippen LogP contribution in [-0.2, 0) is 0 Å². The molecule has 0 unspecified atom stereocenters. The van der Waals surface area contributed by atoms with Crippen molar-refractivity contribution in [3.8, 4) is 22.8 Å². The van der Waals surface area contributed by atoms with Crippen LogP contribution in [0.15, 0.2) is 42.6 Å². The zero-order valence-corrected chi connectivity index (χ0v) is 9.84. The van der Waals surface area contributed by atoms with Crippen molar-refractivity contribution in [3.63, 3.8) is 0 Å². The molecule has 3 aromatic rings. The Morgan fingerprint density at radius 2 is 2.11 bits per heavy atom. The minimum absolute atomic E-state index is 0.135. The third kappa shape index (κ3) is 1.68. The lowest BCUT2D eigenvalue weighted by atomic mass is 10.1. The maximum atomic E-state index is 9.57. The van der Waals surface area contributed by atoms with E-state index in [1.54, 1.807) is 18.3 Å². The first-order chi connectivity index (χ1) is 8.78. The first-order valence-electron chi connectivity index (χ1n) is 5.59. The molecule has 2 N–H and O–H groups in total. The Bertz CT molecular complexity index is 671. The molecule has 4 nitrogen and oxygen atoms in total. The molecule has 3 rings (SSSR count). The van der Waals surface area contributed by atoms with Gasteiger partial charge in [-0.25, -0.2) is 4.98 Å². The van der Waals surface area contributed by atoms with Crippen molar-refractivity contribution in [1.29, 1.82) is 0 Å². The van der Waals surface area contributed by atoms with Gasteiger partial charge < -0.3 is 14.8 Å². The van der Waals surface area contributed by atoms with E-state index >= 15 is 0 Å². The van der Waals surface area contributed by atoms with Crippen LogP contribution in [0.4, 0.5) is 0 Å². The van der Waals surface area contributed by atoms with E-state index in [0.717, 1.165) is 22.3 Å². The number of nitrogens with zero attached hydrogens (tertiary/aromatic N) is 1. The number of fused-ring (bicyclic) bond motifs is 1. The smallest absolute Gasteiger partial charge is 0.161 e. The molecule has 0 aliphatic carbocycles. The minimum Gasteiger partial charge on any atom is -0.504 e. The van der Waals surface area contributed by atoms with Crippen LogP contribution in [0.5, 0.6) is 11.5 Å². The van der Waals surface area contributed by atoms with Gasteiger partial charge in [0.1, 0.15) is 5.65 Å². The highest BCUT2D eigenvalue weighted by molar-refractivity contribution is 5.83. The van der Waals surface area contributed by atoms with Crippen LogP contribution in [0.3, 0.4) is 0 Å². The maximum Gasteiger partial charge on any atom is 0.161 e. The van der Waals surface area contributed by atoms with Gasteiger partial charge in [0.05, 0.1) is 7.11 Å². The van der Waals surface area contributed by atoms with E-state index in [-0.39, 0.29) is 5.75 Å². The lowest BCUT2D eigenvalue weighted by Crippen LogP contribution is -1.85. The summed E-state index contributed by atoms with van der Waals surface area (Å²) in [4.78, 5) is 7.49. The second-order valence-corrected chi connectivity index (χ2v) is 4.01. The highest BCUT2D eigenvalue weighted by atomic mass is 16.5. The Morgan fingerprint density at radius 3 is 2.89 bits per heavy atom. The molecule has 4 heteroatoms. The first-order valence-corrected chi connectivity index (χ1v) is 5.59. The number of phenolic OH excluding ortho intramolecular Hbond substituents is 1. The average Bonchev–Trinajstić information content (AvgIpc) is 2.83. The number of phenols is 1. The number of aromatic amines is 1. The molecule has 0 aliphatic heterocycles. The quantitative estimate of drug-likeness (QED) is 0.724. The van der Waals surface area contributed by atoms with E-state index in [1.807, 2.05) is 24.3 Å². The zero-order valence-electron chi connectivity index (χ0n) is 9.84. The van der Waals surface area contributed by atoms with E-state index < -0.39 is 0 Å². The molecule has 2 heterocycles. The molecule has 90 valence electrons. The molecular weight excluding hydrogens is 228 g/mol. The second-order valence-electron chi connectivity index (χ2n) is 4.01. The molecule has 0 atom stereocenters. The summed E-state index contributed by atoms with van der Waals surface area (Å²) in [6.45, 7) is 0. The second kappa shape index (κ2) is 4.07. The van der Waals surface area contributed by atoms with Crippen LogP contribution in [0, 0.1) is 0 Å². The molecule has 0 spiro atoms. The lowest BCUT2D eigenvalue weighted by molar-refractivity contribution is 0.373. The van der Waals surface area contributed by atoms with Crippen LogP contribution < -0.4 is 4.74 Å². The number of pyridine rings is 1. The highest BCUT2D eigenvalue weighted by Crippen LogP contribution is 2.31. The maximum absolute atomic E-state index is 9.57. The van der Waals surface area contributed by atoms with Gasteiger partial charge in [0.15, 0.2) is 11.5 Å². The number of aromatic hydroxyl groups is 1. The van der Waals surface area contributed by atoms with Crippen LogP contribution in [0.1, 0.15) is 0 Å². The predicted octanol–water partition coefficient (Wildman–Crippen LogP) is 2.94. The number of H-pyrrole nitrogens is 1. The molecule has 0 radical (unpaired) electrons. The Kier molecular flexibility index (Phi) is 2.41. The number of ether oxygens (including phenoxy) is 1. The Morgan fingerprint density at radius 1 is 1.22 bits per heavy atom. The standard InChI is InChI=1S/C14H12N2O2/c1-18-13-8-9(4-5-12(13)17)11-7-10-3-2-6-15-14(10)16-11/h2-8,17H,1H3,(H,15,16). The van der Waals surface area contributed by atoms with Crippen molar-refractivity contribution in [1.82, 2.24) is 9.97 Å². The number of methoxy groups -OCH3 is 1. The SMILES string of the molecule is COc1cc(-c2cc3cccnc3[nH]2)ccc1O. The van der Waals surface area contributed by atoms with Crippen LogP contribution in [0.25, 0.3) is 22.3 Å². The van der Waals surface area contributed by atoms with Crippen molar-refractivity contribution in [3.05, 3.63) is 42.6 Å². The van der Waals surface area contributed by atoms with E-state index in [9.17, 15) is 5.11 Å². The predicted molar refractivity (Wildman–Crippen MR) is 69.7 cm³/mol. The molecule has 0 bridgehead atoms. The number of aromatic nitrogens is 2. The topological polar surface area (TPSA) is 58.1 Å². The molecule has 0 saturated heterocycles. The molecule has 0 saturated carbocycles. The fourth-order valence-corrected chi connectivity index (χ4v) is 1.96. The van der Waals surface area contributed by atoms with Crippen molar-refractivity contribution in [2.24, 2.45) is 0 Å². The van der Waals surface area contributed by atoms with Gasteiger partial charge in [0, 0.05) is 22.8 Å². The fraction of sp³-hybridized carbons (Fsp3) is 0.0714. The van der Waals surface area contributed by atoms with Crippen LogP contribution in [0.2, 0.25) is 0 Å². The summed E-state index contributed by atoms with van der Waals surface area (Å²) in [6.07, 6.45) is 1.75. The zero-order chi connectivity index (χ0) is 12.5. The molecule has 0 fully saturated rings. The highest BCUT2D eigenvalue weighted by Gasteiger charge is 2.07. The molecular formula is C14H12N2O2. The summed E-state index contributed by atoms with van der Waals surface area (Å²) in [5.74, 6) is 0.592. The van der Waals surface area contributed by atoms with Crippen LogP contribution in [-0.4, -0.2) is 22.2 Å². The number of benzene rings is 1. The Hall–Kier alpha value is -2.49. The summed E-state index contributed by atoms with van der Waals surface area (Å²) in [5.41, 5.74) is 2.74. The average molecular weight is 240 g/mol. The van der Waals surface area contributed by atoms with Crippen molar-refractivity contribution >= 4 is 11.0 Å². The Labute approximate surface area is 104 Å². The molecule has 18 heavy (non-hydrogen) atoms. The Balaban J connectivity index is 2.13. The summed E-state index contributed by atoms with van der Waals surface area (Å²) in [6, 6.07) is 11.2. The van der Waals surface area contributed by atoms with Gasteiger partial charge in [-0.05, 0) is 36.4 Å². The summed E-state index contributed by atoms with van der Waals surface area (Å²) in [5, 5.41) is 10.6. The van der Waals surface area contributed by atoms with Gasteiger partial charge in [-0.15, -0.1) is 0 Å².